The Morgan fingerprint density at radius 1 is 0.969 bits per heavy atom. The van der Waals surface area contributed by atoms with Crippen molar-refractivity contribution in [3.05, 3.63) is 11.6 Å². The first-order chi connectivity index (χ1) is 15.2. The van der Waals surface area contributed by atoms with Crippen molar-refractivity contribution in [3.63, 3.8) is 0 Å². The summed E-state index contributed by atoms with van der Waals surface area (Å²) >= 11 is 0. The first-order valence-electron chi connectivity index (χ1n) is 12.5. The fourth-order valence-electron chi connectivity index (χ4n) is 8.09. The van der Waals surface area contributed by atoms with Gasteiger partial charge in [0.05, 0.1) is 18.8 Å². The lowest BCUT2D eigenvalue weighted by Crippen LogP contribution is -2.60. The summed E-state index contributed by atoms with van der Waals surface area (Å²) in [4.78, 5) is 0. The van der Waals surface area contributed by atoms with E-state index in [9.17, 15) is 25.5 Å². The van der Waals surface area contributed by atoms with Crippen LogP contribution >= 0.6 is 0 Å². The Balaban J connectivity index is 1.29. The Kier molecular flexibility index (Phi) is 6.02. The molecule has 1 heterocycles. The first kappa shape index (κ1) is 23.2. The van der Waals surface area contributed by atoms with Gasteiger partial charge < -0.3 is 35.0 Å². The molecule has 0 aromatic rings. The molecule has 7 heteroatoms. The van der Waals surface area contributed by atoms with Crippen LogP contribution in [0.4, 0.5) is 0 Å². The van der Waals surface area contributed by atoms with Crippen molar-refractivity contribution in [2.75, 3.05) is 6.61 Å². The molecule has 5 N–H and O–H groups in total. The average molecular weight is 453 g/mol. The maximum atomic E-state index is 10.6. The Hall–Kier alpha value is -0.540. The molecule has 0 amide bonds. The largest absolute Gasteiger partial charge is 0.394 e. The molecule has 1 saturated heterocycles. The molecule has 0 unspecified atom stereocenters. The van der Waals surface area contributed by atoms with Gasteiger partial charge in [0.25, 0.3) is 0 Å². The standard InChI is InChI=1S/C25H40O7/c1-24-9-7-14(31-23-22(30)21(29)20(28)18(12-26)32-23)11-13(24)3-4-15-16-5-6-19(27)25(16,2)10-8-17(15)24/h3,14-23,26-30H,4-12H2,1-2H3/t14-,15-,16-,17-,18+,19-,20+,21-,22+,23+,24-,25-/m0/s1. The molecule has 0 aromatic heterocycles. The normalized spacial score (nSPS) is 55.5. The molecule has 4 aliphatic carbocycles. The Labute approximate surface area is 190 Å². The molecule has 0 spiro atoms. The van der Waals surface area contributed by atoms with Gasteiger partial charge in [-0.1, -0.05) is 25.5 Å². The molecule has 12 atom stereocenters. The Bertz CT molecular complexity index is 740. The van der Waals surface area contributed by atoms with Crippen LogP contribution < -0.4 is 0 Å². The van der Waals surface area contributed by atoms with Gasteiger partial charge in [-0.2, -0.15) is 0 Å². The summed E-state index contributed by atoms with van der Waals surface area (Å²) in [6, 6.07) is 0. The van der Waals surface area contributed by atoms with Crippen LogP contribution in [0, 0.1) is 28.6 Å². The second-order valence-corrected chi connectivity index (χ2v) is 11.6. The molecule has 182 valence electrons. The van der Waals surface area contributed by atoms with Crippen LogP contribution in [0.2, 0.25) is 0 Å². The topological polar surface area (TPSA) is 120 Å². The van der Waals surface area contributed by atoms with Gasteiger partial charge >= 0.3 is 0 Å². The molecule has 5 aliphatic rings. The van der Waals surface area contributed by atoms with Gasteiger partial charge in [-0.15, -0.1) is 0 Å². The van der Waals surface area contributed by atoms with Crippen molar-refractivity contribution in [1.29, 1.82) is 0 Å². The minimum Gasteiger partial charge on any atom is -0.394 e. The maximum absolute atomic E-state index is 10.6. The van der Waals surface area contributed by atoms with E-state index in [2.05, 4.69) is 19.9 Å². The van der Waals surface area contributed by atoms with E-state index in [-0.39, 0.29) is 23.0 Å². The van der Waals surface area contributed by atoms with Crippen molar-refractivity contribution in [3.8, 4) is 0 Å². The molecule has 5 rings (SSSR count). The number of rotatable bonds is 3. The predicted octanol–water partition coefficient (Wildman–Crippen LogP) is 1.50. The van der Waals surface area contributed by atoms with Crippen molar-refractivity contribution in [1.82, 2.24) is 0 Å². The molecule has 0 bridgehead atoms. The lowest BCUT2D eigenvalue weighted by atomic mass is 9.48. The zero-order chi connectivity index (χ0) is 22.8. The molecular formula is C25H40O7. The number of allylic oxidation sites excluding steroid dienone is 1. The van der Waals surface area contributed by atoms with Crippen LogP contribution in [-0.2, 0) is 9.47 Å². The molecule has 4 fully saturated rings. The van der Waals surface area contributed by atoms with Gasteiger partial charge in [0, 0.05) is 0 Å². The number of hydrogen-bond donors (Lipinski definition) is 5. The van der Waals surface area contributed by atoms with Gasteiger partial charge in [-0.3, -0.25) is 0 Å². The van der Waals surface area contributed by atoms with Gasteiger partial charge in [-0.05, 0) is 80.0 Å². The van der Waals surface area contributed by atoms with Crippen molar-refractivity contribution in [2.45, 2.75) is 108 Å². The van der Waals surface area contributed by atoms with Gasteiger partial charge in [0.15, 0.2) is 6.29 Å². The van der Waals surface area contributed by atoms with Gasteiger partial charge in [0.1, 0.15) is 24.4 Å². The van der Waals surface area contributed by atoms with E-state index < -0.39 is 37.3 Å². The highest BCUT2D eigenvalue weighted by atomic mass is 16.7. The third-order valence-corrected chi connectivity index (χ3v) is 10.2. The minimum absolute atomic E-state index is 0.0757. The predicted molar refractivity (Wildman–Crippen MR) is 116 cm³/mol. The lowest BCUT2D eigenvalue weighted by Gasteiger charge is -2.58. The van der Waals surface area contributed by atoms with Crippen LogP contribution in [-0.4, -0.2) is 75.1 Å². The maximum Gasteiger partial charge on any atom is 0.186 e. The number of hydrogen-bond acceptors (Lipinski definition) is 7. The number of fused-ring (bicyclic) bond motifs is 5. The van der Waals surface area contributed by atoms with E-state index in [1.165, 1.54) is 12.0 Å². The van der Waals surface area contributed by atoms with Crippen LogP contribution in [0.1, 0.15) is 65.2 Å². The minimum atomic E-state index is -1.41. The first-order valence-corrected chi connectivity index (χ1v) is 12.5. The van der Waals surface area contributed by atoms with E-state index in [1.54, 1.807) is 0 Å². The van der Waals surface area contributed by atoms with E-state index >= 15 is 0 Å². The highest BCUT2D eigenvalue weighted by Gasteiger charge is 2.58. The molecule has 0 radical (unpaired) electrons. The van der Waals surface area contributed by atoms with Crippen LogP contribution in [0.5, 0.6) is 0 Å². The Morgan fingerprint density at radius 3 is 2.50 bits per heavy atom. The summed E-state index contributed by atoms with van der Waals surface area (Å²) in [6.07, 6.45) is 4.04. The Morgan fingerprint density at radius 2 is 1.75 bits per heavy atom. The summed E-state index contributed by atoms with van der Waals surface area (Å²) in [7, 11) is 0. The summed E-state index contributed by atoms with van der Waals surface area (Å²) in [6.45, 7) is 4.27. The van der Waals surface area contributed by atoms with Crippen molar-refractivity contribution in [2.24, 2.45) is 28.6 Å². The third kappa shape index (κ3) is 3.43. The summed E-state index contributed by atoms with van der Waals surface area (Å²) in [5.41, 5.74) is 1.65. The fraction of sp³-hybridized carbons (Fsp3) is 0.920. The smallest absolute Gasteiger partial charge is 0.186 e. The average Bonchev–Trinajstić information content (AvgIpc) is 3.09. The second kappa shape index (κ2) is 8.29. The van der Waals surface area contributed by atoms with Crippen LogP contribution in [0.25, 0.3) is 0 Å². The summed E-state index contributed by atoms with van der Waals surface area (Å²) in [5.74, 6) is 1.88. The van der Waals surface area contributed by atoms with Crippen LogP contribution in [0.3, 0.4) is 0 Å². The molecule has 1 aliphatic heterocycles. The lowest BCUT2D eigenvalue weighted by molar-refractivity contribution is -0.313. The van der Waals surface area contributed by atoms with E-state index in [1.807, 2.05) is 0 Å². The monoisotopic (exact) mass is 452 g/mol. The zero-order valence-electron chi connectivity index (χ0n) is 19.3. The highest BCUT2D eigenvalue weighted by Crippen LogP contribution is 2.64. The number of aliphatic hydroxyl groups excluding tert-OH is 5. The fourth-order valence-corrected chi connectivity index (χ4v) is 8.09. The van der Waals surface area contributed by atoms with Crippen molar-refractivity contribution >= 4 is 0 Å². The molecule has 32 heavy (non-hydrogen) atoms. The summed E-state index contributed by atoms with van der Waals surface area (Å²) in [5, 5.41) is 50.5. The third-order valence-electron chi connectivity index (χ3n) is 10.2. The molecule has 7 nitrogen and oxygen atoms in total. The second-order valence-electron chi connectivity index (χ2n) is 11.6. The van der Waals surface area contributed by atoms with Gasteiger partial charge in [-0.25, -0.2) is 0 Å². The molecular weight excluding hydrogens is 412 g/mol. The van der Waals surface area contributed by atoms with Gasteiger partial charge in [0.2, 0.25) is 0 Å². The van der Waals surface area contributed by atoms with Crippen molar-refractivity contribution < 1.29 is 35.0 Å². The molecule has 3 saturated carbocycles. The number of ether oxygens (including phenoxy) is 2. The van der Waals surface area contributed by atoms with E-state index in [0.29, 0.717) is 17.8 Å². The zero-order valence-corrected chi connectivity index (χ0v) is 19.3. The quantitative estimate of drug-likeness (QED) is 0.412. The highest BCUT2D eigenvalue weighted by molar-refractivity contribution is 5.25. The summed E-state index contributed by atoms with van der Waals surface area (Å²) < 4.78 is 11.7. The van der Waals surface area contributed by atoms with Crippen LogP contribution in [0.15, 0.2) is 11.6 Å². The molecule has 0 aromatic carbocycles. The SMILES string of the molecule is C[C@]12CC[C@H]3[C@@H](CC=C4C[C@@H](O[C@@H]5O[C@H](CO)[C@@H](O)[C@H](O)[C@H]5O)CC[C@@]43C)[C@@H]1CC[C@@H]2O. The van der Waals surface area contributed by atoms with E-state index in [4.69, 9.17) is 9.47 Å². The number of aliphatic hydroxyl groups is 5. The van der Waals surface area contributed by atoms with E-state index in [0.717, 1.165) is 44.9 Å².